The number of carbonyl (C=O) groups is 1. The van der Waals surface area contributed by atoms with Gasteiger partial charge in [0.1, 0.15) is 5.82 Å². The molecule has 2 heterocycles. The molecule has 0 aliphatic carbocycles. The Balaban J connectivity index is 0.00000208. The molecule has 0 radical (unpaired) electrons. The van der Waals surface area contributed by atoms with Crippen LogP contribution in [0.15, 0.2) is 47.1 Å². The van der Waals surface area contributed by atoms with Crippen molar-refractivity contribution in [1.29, 1.82) is 0 Å². The predicted molar refractivity (Wildman–Crippen MR) is 96.2 cm³/mol. The van der Waals surface area contributed by atoms with Crippen LogP contribution < -0.4 is 5.32 Å². The van der Waals surface area contributed by atoms with E-state index in [9.17, 15) is 9.18 Å². The van der Waals surface area contributed by atoms with E-state index >= 15 is 0 Å². The molecule has 0 bridgehead atoms. The highest BCUT2D eigenvalue weighted by Gasteiger charge is 2.29. The lowest BCUT2D eigenvalue weighted by Crippen LogP contribution is -2.51. The third kappa shape index (κ3) is 4.53. The van der Waals surface area contributed by atoms with Crippen molar-refractivity contribution in [1.82, 2.24) is 15.2 Å². The number of hydrogen-bond acceptors (Lipinski definition) is 3. The van der Waals surface area contributed by atoms with Gasteiger partial charge in [0, 0.05) is 35.9 Å². The van der Waals surface area contributed by atoms with Crippen LogP contribution in [0.4, 0.5) is 4.39 Å². The van der Waals surface area contributed by atoms with Crippen LogP contribution in [0, 0.1) is 11.7 Å². The molecule has 0 unspecified atom stereocenters. The molecule has 0 saturated carbocycles. The van der Waals surface area contributed by atoms with Gasteiger partial charge in [0.25, 0.3) is 0 Å². The number of pyridine rings is 1. The molecule has 1 N–H and O–H groups in total. The van der Waals surface area contributed by atoms with Crippen LogP contribution in [0.1, 0.15) is 11.3 Å². The summed E-state index contributed by atoms with van der Waals surface area (Å²) in [4.78, 5) is 18.6. The van der Waals surface area contributed by atoms with Gasteiger partial charge < -0.3 is 10.2 Å². The molecule has 1 aliphatic rings. The third-order valence-electron chi connectivity index (χ3n) is 3.90. The Bertz CT molecular complexity index is 697. The van der Waals surface area contributed by atoms with Crippen molar-refractivity contribution in [2.45, 2.75) is 13.1 Å². The first kappa shape index (κ1) is 18.8. The highest BCUT2D eigenvalue weighted by atomic mass is 79.9. The van der Waals surface area contributed by atoms with Crippen molar-refractivity contribution < 1.29 is 9.18 Å². The van der Waals surface area contributed by atoms with E-state index in [-0.39, 0.29) is 36.6 Å². The van der Waals surface area contributed by atoms with E-state index < -0.39 is 0 Å². The number of carbonyl (C=O) groups excluding carboxylic acids is 1. The Morgan fingerprint density at radius 2 is 2.08 bits per heavy atom. The quantitative estimate of drug-likeness (QED) is 0.817. The van der Waals surface area contributed by atoms with Gasteiger partial charge >= 0.3 is 0 Å². The second-order valence-corrected chi connectivity index (χ2v) is 6.52. The van der Waals surface area contributed by atoms with Crippen molar-refractivity contribution in [3.63, 3.8) is 0 Å². The third-order valence-corrected chi connectivity index (χ3v) is 4.39. The van der Waals surface area contributed by atoms with E-state index in [4.69, 9.17) is 0 Å². The van der Waals surface area contributed by atoms with Crippen LogP contribution in [0.3, 0.4) is 0 Å². The standard InChI is InChI=1S/C17H17BrFN3O.ClH/c18-14-5-4-12(16(19)7-14)10-22(17(23)13-8-20-9-13)11-15-3-1-2-6-21-15;/h1-7,13,20H,8-11H2;1H. The van der Waals surface area contributed by atoms with Gasteiger partial charge in [-0.3, -0.25) is 9.78 Å². The first-order valence-corrected chi connectivity index (χ1v) is 8.26. The van der Waals surface area contributed by atoms with Gasteiger partial charge in [-0.05, 0) is 24.3 Å². The van der Waals surface area contributed by atoms with Gasteiger partial charge in [0.05, 0.1) is 18.2 Å². The number of hydrogen-bond donors (Lipinski definition) is 1. The number of benzene rings is 1. The maximum absolute atomic E-state index is 14.1. The van der Waals surface area contributed by atoms with E-state index in [0.29, 0.717) is 29.7 Å². The first-order valence-electron chi connectivity index (χ1n) is 7.47. The van der Waals surface area contributed by atoms with Gasteiger partial charge in [0.2, 0.25) is 5.91 Å². The minimum Gasteiger partial charge on any atom is -0.332 e. The molecule has 3 rings (SSSR count). The second kappa shape index (κ2) is 8.55. The summed E-state index contributed by atoms with van der Waals surface area (Å²) in [5.74, 6) is -0.307. The summed E-state index contributed by atoms with van der Waals surface area (Å²) in [6, 6.07) is 10.5. The molecule has 0 atom stereocenters. The summed E-state index contributed by atoms with van der Waals surface area (Å²) in [6.07, 6.45) is 1.70. The van der Waals surface area contributed by atoms with Crippen molar-refractivity contribution in [3.05, 3.63) is 64.1 Å². The molecule has 1 fully saturated rings. The molecule has 1 amide bonds. The molecule has 1 aromatic carbocycles. The van der Waals surface area contributed by atoms with Gasteiger partial charge in [-0.2, -0.15) is 0 Å². The highest BCUT2D eigenvalue weighted by molar-refractivity contribution is 9.10. The number of nitrogens with zero attached hydrogens (tertiary/aromatic N) is 2. The molecule has 1 aliphatic heterocycles. The van der Waals surface area contributed by atoms with E-state index in [1.807, 2.05) is 18.2 Å². The molecular formula is C17H18BrClFN3O. The summed E-state index contributed by atoms with van der Waals surface area (Å²) in [6.45, 7) is 1.98. The Morgan fingerprint density at radius 3 is 2.67 bits per heavy atom. The van der Waals surface area contributed by atoms with Gasteiger partial charge in [-0.15, -0.1) is 12.4 Å². The van der Waals surface area contributed by atoms with E-state index in [2.05, 4.69) is 26.2 Å². The minimum atomic E-state index is -0.315. The molecule has 7 heteroatoms. The lowest BCUT2D eigenvalue weighted by molar-refractivity contribution is -0.138. The Kier molecular flexibility index (Phi) is 6.71. The van der Waals surface area contributed by atoms with E-state index in [1.54, 1.807) is 23.2 Å². The smallest absolute Gasteiger partial charge is 0.228 e. The number of nitrogens with one attached hydrogen (secondary N) is 1. The molecule has 128 valence electrons. The summed E-state index contributed by atoms with van der Waals surface area (Å²) in [5, 5.41) is 3.10. The lowest BCUT2D eigenvalue weighted by atomic mass is 10.0. The Morgan fingerprint density at radius 1 is 1.29 bits per heavy atom. The molecule has 2 aromatic rings. The maximum Gasteiger partial charge on any atom is 0.228 e. The second-order valence-electron chi connectivity index (χ2n) is 5.61. The number of rotatable bonds is 5. The van der Waals surface area contributed by atoms with Crippen molar-refractivity contribution in [3.8, 4) is 0 Å². The van der Waals surface area contributed by atoms with Crippen molar-refractivity contribution in [2.75, 3.05) is 13.1 Å². The van der Waals surface area contributed by atoms with Gasteiger partial charge in [0.15, 0.2) is 0 Å². The molecule has 0 spiro atoms. The van der Waals surface area contributed by atoms with E-state index in [1.165, 1.54) is 6.07 Å². The van der Waals surface area contributed by atoms with Crippen LogP contribution in [0.5, 0.6) is 0 Å². The zero-order chi connectivity index (χ0) is 16.2. The summed E-state index contributed by atoms with van der Waals surface area (Å²) in [7, 11) is 0. The van der Waals surface area contributed by atoms with E-state index in [0.717, 1.165) is 5.69 Å². The average Bonchev–Trinajstić information content (AvgIpc) is 2.48. The summed E-state index contributed by atoms with van der Waals surface area (Å²) < 4.78 is 14.8. The normalized spacial score (nSPS) is 13.8. The molecule has 24 heavy (non-hydrogen) atoms. The predicted octanol–water partition coefficient (Wildman–Crippen LogP) is 3.15. The zero-order valence-electron chi connectivity index (χ0n) is 12.9. The van der Waals surface area contributed by atoms with Crippen LogP contribution in [-0.4, -0.2) is 28.9 Å². The Labute approximate surface area is 155 Å². The van der Waals surface area contributed by atoms with Crippen LogP contribution in [0.25, 0.3) is 0 Å². The van der Waals surface area contributed by atoms with Crippen molar-refractivity contribution in [2.24, 2.45) is 5.92 Å². The van der Waals surface area contributed by atoms with Crippen LogP contribution >= 0.6 is 28.3 Å². The monoisotopic (exact) mass is 413 g/mol. The fourth-order valence-electron chi connectivity index (χ4n) is 2.48. The average molecular weight is 415 g/mol. The molecule has 1 saturated heterocycles. The van der Waals surface area contributed by atoms with Gasteiger partial charge in [-0.25, -0.2) is 4.39 Å². The topological polar surface area (TPSA) is 45.2 Å². The summed E-state index contributed by atoms with van der Waals surface area (Å²) in [5.41, 5.74) is 1.30. The van der Waals surface area contributed by atoms with Crippen LogP contribution in [-0.2, 0) is 17.9 Å². The zero-order valence-corrected chi connectivity index (χ0v) is 15.3. The Hall–Kier alpha value is -1.50. The number of amides is 1. The number of halogens is 3. The first-order chi connectivity index (χ1) is 11.1. The minimum absolute atomic E-state index is 0. The largest absolute Gasteiger partial charge is 0.332 e. The van der Waals surface area contributed by atoms with Crippen LogP contribution in [0.2, 0.25) is 0 Å². The fraction of sp³-hybridized carbons (Fsp3) is 0.294. The lowest BCUT2D eigenvalue weighted by Gasteiger charge is -2.32. The van der Waals surface area contributed by atoms with Crippen molar-refractivity contribution >= 4 is 34.2 Å². The molecular weight excluding hydrogens is 397 g/mol. The molecule has 1 aromatic heterocycles. The summed E-state index contributed by atoms with van der Waals surface area (Å²) >= 11 is 3.25. The van der Waals surface area contributed by atoms with Gasteiger partial charge in [-0.1, -0.05) is 28.1 Å². The molecule has 4 nitrogen and oxygen atoms in total. The SMILES string of the molecule is Cl.O=C(C1CNC1)N(Cc1ccccn1)Cc1ccc(Br)cc1F. The number of aromatic nitrogens is 1. The fourth-order valence-corrected chi connectivity index (χ4v) is 2.81. The highest BCUT2D eigenvalue weighted by Crippen LogP contribution is 2.20. The maximum atomic E-state index is 14.1.